The first-order valence-corrected chi connectivity index (χ1v) is 9.50. The lowest BCUT2D eigenvalue weighted by molar-refractivity contribution is -0.126. The van der Waals surface area contributed by atoms with Gasteiger partial charge < -0.3 is 15.5 Å². The zero-order valence-electron chi connectivity index (χ0n) is 14.6. The summed E-state index contributed by atoms with van der Waals surface area (Å²) in [5, 5.41) is 7.23. The lowest BCUT2D eigenvalue weighted by Gasteiger charge is -2.32. The quantitative estimate of drug-likeness (QED) is 0.790. The van der Waals surface area contributed by atoms with Crippen LogP contribution in [0.5, 0.6) is 0 Å². The summed E-state index contributed by atoms with van der Waals surface area (Å²) >= 11 is 11.9. The third-order valence-electron chi connectivity index (χ3n) is 5.10. The van der Waals surface area contributed by atoms with Gasteiger partial charge in [-0.05, 0) is 56.5 Å². The van der Waals surface area contributed by atoms with Gasteiger partial charge in [-0.2, -0.15) is 0 Å². The van der Waals surface area contributed by atoms with E-state index in [-0.39, 0.29) is 30.3 Å². The Hall–Kier alpha value is -1.01. The van der Waals surface area contributed by atoms with Gasteiger partial charge in [0.2, 0.25) is 5.91 Å². The van der Waals surface area contributed by atoms with Crippen LogP contribution < -0.4 is 10.6 Å². The molecule has 0 aliphatic carbocycles. The Morgan fingerprint density at radius 2 is 2.00 bits per heavy atom. The number of carbonyl (C=O) groups is 2. The number of likely N-dealkylation sites (tertiary alicyclic amines) is 1. The molecule has 8 heteroatoms. The van der Waals surface area contributed by atoms with E-state index in [1.165, 1.54) is 0 Å². The minimum absolute atomic E-state index is 0. The van der Waals surface area contributed by atoms with Crippen LogP contribution in [-0.4, -0.2) is 48.4 Å². The molecule has 1 aromatic rings. The first kappa shape index (κ1) is 21.3. The zero-order chi connectivity index (χ0) is 18.0. The van der Waals surface area contributed by atoms with E-state index in [0.29, 0.717) is 34.5 Å². The van der Waals surface area contributed by atoms with Gasteiger partial charge in [0, 0.05) is 18.2 Å². The highest BCUT2D eigenvalue weighted by Gasteiger charge is 2.36. The molecule has 2 aliphatic heterocycles. The summed E-state index contributed by atoms with van der Waals surface area (Å²) in [5.74, 6) is 0.164. The van der Waals surface area contributed by atoms with Gasteiger partial charge in [0.25, 0.3) is 5.91 Å². The van der Waals surface area contributed by atoms with Crippen LogP contribution in [0.25, 0.3) is 0 Å². The number of piperidine rings is 1. The summed E-state index contributed by atoms with van der Waals surface area (Å²) in [5.41, 5.74) is 0.462. The van der Waals surface area contributed by atoms with Crippen molar-refractivity contribution >= 4 is 47.4 Å². The summed E-state index contributed by atoms with van der Waals surface area (Å²) in [6, 6.07) is 4.58. The minimum atomic E-state index is -0.413. The molecule has 144 valence electrons. The SMILES string of the molecule is CC1CNCCC1NC(=O)C1CCCN1C(=O)c1ccc(Cl)c(Cl)c1.Cl. The molecular formula is C18H24Cl3N3O2. The number of halogens is 3. The zero-order valence-corrected chi connectivity index (χ0v) is 17.0. The van der Waals surface area contributed by atoms with Gasteiger partial charge in [-0.3, -0.25) is 9.59 Å². The van der Waals surface area contributed by atoms with Crippen molar-refractivity contribution < 1.29 is 9.59 Å². The molecule has 0 aromatic heterocycles. The second-order valence-corrected chi connectivity index (χ2v) is 7.69. The summed E-state index contributed by atoms with van der Waals surface area (Å²) in [6.45, 7) is 4.52. The summed E-state index contributed by atoms with van der Waals surface area (Å²) in [4.78, 5) is 27.2. The molecule has 3 unspecified atom stereocenters. The van der Waals surface area contributed by atoms with Gasteiger partial charge in [0.15, 0.2) is 0 Å². The van der Waals surface area contributed by atoms with E-state index in [2.05, 4.69) is 17.6 Å². The van der Waals surface area contributed by atoms with E-state index >= 15 is 0 Å². The maximum absolute atomic E-state index is 12.8. The molecule has 2 saturated heterocycles. The van der Waals surface area contributed by atoms with Crippen LogP contribution in [0.15, 0.2) is 18.2 Å². The summed E-state index contributed by atoms with van der Waals surface area (Å²) in [7, 11) is 0. The van der Waals surface area contributed by atoms with Crippen molar-refractivity contribution in [3.05, 3.63) is 33.8 Å². The monoisotopic (exact) mass is 419 g/mol. The number of nitrogens with zero attached hydrogens (tertiary/aromatic N) is 1. The average molecular weight is 421 g/mol. The van der Waals surface area contributed by atoms with Crippen LogP contribution in [-0.2, 0) is 4.79 Å². The molecule has 1 aromatic carbocycles. The standard InChI is InChI=1S/C18H23Cl2N3O2.ClH/c1-11-10-21-7-6-15(11)22-17(24)16-3-2-8-23(16)18(25)12-4-5-13(19)14(20)9-12;/h4-5,9,11,15-16,21H,2-3,6-8,10H2,1H3,(H,22,24);1H. The second-order valence-electron chi connectivity index (χ2n) is 6.87. The number of amides is 2. The normalized spacial score (nSPS) is 25.5. The smallest absolute Gasteiger partial charge is 0.254 e. The van der Waals surface area contributed by atoms with Crippen molar-refractivity contribution in [1.82, 2.24) is 15.5 Å². The van der Waals surface area contributed by atoms with Crippen LogP contribution in [0.2, 0.25) is 10.0 Å². The Morgan fingerprint density at radius 1 is 1.23 bits per heavy atom. The van der Waals surface area contributed by atoms with Crippen molar-refractivity contribution in [3.63, 3.8) is 0 Å². The number of hydrogen-bond acceptors (Lipinski definition) is 3. The highest BCUT2D eigenvalue weighted by molar-refractivity contribution is 6.42. The fraction of sp³-hybridized carbons (Fsp3) is 0.556. The Balaban J connectivity index is 0.00000243. The van der Waals surface area contributed by atoms with Crippen LogP contribution in [0, 0.1) is 5.92 Å². The maximum Gasteiger partial charge on any atom is 0.254 e. The van der Waals surface area contributed by atoms with Gasteiger partial charge in [-0.1, -0.05) is 30.1 Å². The van der Waals surface area contributed by atoms with Gasteiger partial charge in [0.05, 0.1) is 10.0 Å². The van der Waals surface area contributed by atoms with Crippen molar-refractivity contribution in [2.75, 3.05) is 19.6 Å². The summed E-state index contributed by atoms with van der Waals surface area (Å²) in [6.07, 6.45) is 2.44. The number of nitrogens with one attached hydrogen (secondary N) is 2. The molecule has 2 amide bonds. The molecule has 26 heavy (non-hydrogen) atoms. The first-order chi connectivity index (χ1) is 12.0. The van der Waals surface area contributed by atoms with Gasteiger partial charge >= 0.3 is 0 Å². The molecule has 0 radical (unpaired) electrons. The van der Waals surface area contributed by atoms with Crippen molar-refractivity contribution in [3.8, 4) is 0 Å². The Bertz CT molecular complexity index is 671. The molecule has 0 bridgehead atoms. The topological polar surface area (TPSA) is 61.4 Å². The number of carbonyl (C=O) groups excluding carboxylic acids is 2. The predicted octanol–water partition coefficient (Wildman–Crippen LogP) is 3.13. The summed E-state index contributed by atoms with van der Waals surface area (Å²) < 4.78 is 0. The van der Waals surface area contributed by atoms with E-state index in [0.717, 1.165) is 25.9 Å². The minimum Gasteiger partial charge on any atom is -0.351 e. The van der Waals surface area contributed by atoms with Crippen LogP contribution >= 0.6 is 35.6 Å². The molecular weight excluding hydrogens is 397 g/mol. The molecule has 3 rings (SSSR count). The number of rotatable bonds is 3. The van der Waals surface area contributed by atoms with Crippen LogP contribution in [0.4, 0.5) is 0 Å². The van der Waals surface area contributed by atoms with E-state index in [4.69, 9.17) is 23.2 Å². The Labute approximate surface area is 170 Å². The maximum atomic E-state index is 12.8. The lowest BCUT2D eigenvalue weighted by Crippen LogP contribution is -2.53. The van der Waals surface area contributed by atoms with Crippen LogP contribution in [0.3, 0.4) is 0 Å². The third kappa shape index (κ3) is 4.63. The molecule has 3 atom stereocenters. The fourth-order valence-electron chi connectivity index (χ4n) is 3.58. The van der Waals surface area contributed by atoms with Gasteiger partial charge in [-0.25, -0.2) is 0 Å². The Kier molecular flexibility index (Phi) is 7.59. The number of hydrogen-bond donors (Lipinski definition) is 2. The molecule has 5 nitrogen and oxygen atoms in total. The highest BCUT2D eigenvalue weighted by atomic mass is 35.5. The second kappa shape index (κ2) is 9.27. The molecule has 0 saturated carbocycles. The largest absolute Gasteiger partial charge is 0.351 e. The van der Waals surface area contributed by atoms with Gasteiger partial charge in [0.1, 0.15) is 6.04 Å². The van der Waals surface area contributed by atoms with Crippen LogP contribution in [0.1, 0.15) is 36.5 Å². The number of benzene rings is 1. The molecule has 2 heterocycles. The van der Waals surface area contributed by atoms with Gasteiger partial charge in [-0.15, -0.1) is 12.4 Å². The molecule has 2 N–H and O–H groups in total. The van der Waals surface area contributed by atoms with Crippen molar-refractivity contribution in [2.24, 2.45) is 5.92 Å². The van der Waals surface area contributed by atoms with E-state index in [1.807, 2.05) is 0 Å². The molecule has 2 aliphatic rings. The van der Waals surface area contributed by atoms with Crippen molar-refractivity contribution in [2.45, 2.75) is 38.3 Å². The van der Waals surface area contributed by atoms with Crippen molar-refractivity contribution in [1.29, 1.82) is 0 Å². The predicted molar refractivity (Wildman–Crippen MR) is 106 cm³/mol. The molecule has 2 fully saturated rings. The van der Waals surface area contributed by atoms with E-state index in [9.17, 15) is 9.59 Å². The molecule has 0 spiro atoms. The van der Waals surface area contributed by atoms with E-state index in [1.54, 1.807) is 23.1 Å². The first-order valence-electron chi connectivity index (χ1n) is 8.74. The average Bonchev–Trinajstić information content (AvgIpc) is 3.08. The Morgan fingerprint density at radius 3 is 2.69 bits per heavy atom. The lowest BCUT2D eigenvalue weighted by atomic mass is 9.95. The highest BCUT2D eigenvalue weighted by Crippen LogP contribution is 2.26. The fourth-order valence-corrected chi connectivity index (χ4v) is 3.88. The van der Waals surface area contributed by atoms with E-state index < -0.39 is 6.04 Å². The third-order valence-corrected chi connectivity index (χ3v) is 5.83.